The van der Waals surface area contributed by atoms with Gasteiger partial charge in [-0.05, 0) is 18.5 Å². The number of hydrazine groups is 1. The Labute approximate surface area is 108 Å². The van der Waals surface area contributed by atoms with Crippen LogP contribution in [0.4, 0.5) is 5.82 Å². The van der Waals surface area contributed by atoms with Crippen molar-refractivity contribution in [1.29, 1.82) is 0 Å². The Morgan fingerprint density at radius 3 is 3.00 bits per heavy atom. The molecule has 2 rings (SSSR count). The van der Waals surface area contributed by atoms with Crippen molar-refractivity contribution >= 4 is 33.3 Å². The van der Waals surface area contributed by atoms with Crippen LogP contribution in [-0.4, -0.2) is 34.4 Å². The monoisotopic (exact) mass is 266 g/mol. The number of nitrogens with two attached hydrogens (primary N) is 2. The average Bonchev–Trinajstić information content (AvgIpc) is 2.74. The molecule has 96 valence electrons. The molecular weight excluding hydrogens is 252 g/mol. The lowest BCUT2D eigenvalue weighted by molar-refractivity contribution is -0.118. The third kappa shape index (κ3) is 2.73. The molecule has 0 aliphatic heterocycles. The first-order chi connectivity index (χ1) is 8.60. The Bertz CT molecular complexity index is 568. The number of thiophene rings is 1. The highest BCUT2D eigenvalue weighted by molar-refractivity contribution is 7.16. The summed E-state index contributed by atoms with van der Waals surface area (Å²) in [7, 11) is 1.78. The number of nitrogen functional groups attached to an aromatic ring is 1. The number of nitrogens with zero attached hydrogens (tertiary/aromatic N) is 3. The first-order valence-corrected chi connectivity index (χ1v) is 6.15. The van der Waals surface area contributed by atoms with Gasteiger partial charge in [-0.1, -0.05) is 0 Å². The average molecular weight is 266 g/mol. The van der Waals surface area contributed by atoms with Crippen molar-refractivity contribution in [3.05, 3.63) is 17.3 Å². The number of carbonyl (C=O) groups excluding carboxylic acids is 1. The van der Waals surface area contributed by atoms with Crippen molar-refractivity contribution in [2.24, 2.45) is 11.6 Å². The molecule has 0 aliphatic rings. The van der Waals surface area contributed by atoms with Crippen LogP contribution in [0.2, 0.25) is 0 Å². The van der Waals surface area contributed by atoms with Crippen LogP contribution in [0.1, 0.15) is 5.82 Å². The summed E-state index contributed by atoms with van der Waals surface area (Å²) in [5.74, 6) is 6.24. The zero-order chi connectivity index (χ0) is 13.1. The standard InChI is InChI=1S/C10H14N6OS/c1-16(4-7(11)17)5-8-13-9(15-12)6-2-3-18-10(6)14-8/h2-3H,4-5,12H2,1H3,(H2,11,17)(H,13,14,15). The van der Waals surface area contributed by atoms with E-state index in [1.54, 1.807) is 11.9 Å². The summed E-state index contributed by atoms with van der Waals surface area (Å²) in [4.78, 5) is 22.1. The van der Waals surface area contributed by atoms with Gasteiger partial charge in [0.1, 0.15) is 10.7 Å². The summed E-state index contributed by atoms with van der Waals surface area (Å²) in [6.07, 6.45) is 0. The van der Waals surface area contributed by atoms with Gasteiger partial charge in [-0.3, -0.25) is 9.69 Å². The van der Waals surface area contributed by atoms with Crippen molar-refractivity contribution in [2.75, 3.05) is 19.0 Å². The number of likely N-dealkylation sites (N-methyl/N-ethyl adjacent to an activating group) is 1. The van der Waals surface area contributed by atoms with Gasteiger partial charge in [0.15, 0.2) is 5.82 Å². The zero-order valence-corrected chi connectivity index (χ0v) is 10.7. The van der Waals surface area contributed by atoms with Crippen LogP contribution in [0.5, 0.6) is 0 Å². The van der Waals surface area contributed by atoms with Gasteiger partial charge >= 0.3 is 0 Å². The van der Waals surface area contributed by atoms with Crippen molar-refractivity contribution < 1.29 is 4.79 Å². The molecule has 18 heavy (non-hydrogen) atoms. The predicted octanol–water partition coefficient (Wildman–Crippen LogP) is -0.106. The second-order valence-corrected chi connectivity index (χ2v) is 4.81. The molecule has 0 fully saturated rings. The number of primary amides is 1. The van der Waals surface area contributed by atoms with Crippen LogP contribution < -0.4 is 17.0 Å². The summed E-state index contributed by atoms with van der Waals surface area (Å²) in [5.41, 5.74) is 7.68. The molecule has 7 nitrogen and oxygen atoms in total. The molecule has 0 radical (unpaired) electrons. The lowest BCUT2D eigenvalue weighted by atomic mass is 10.3. The third-order valence-corrected chi connectivity index (χ3v) is 3.15. The SMILES string of the molecule is CN(CC(N)=O)Cc1nc(NN)c2ccsc2n1. The Hall–Kier alpha value is -1.77. The number of amides is 1. The fourth-order valence-corrected chi connectivity index (χ4v) is 2.43. The van der Waals surface area contributed by atoms with Gasteiger partial charge in [0, 0.05) is 0 Å². The quantitative estimate of drug-likeness (QED) is 0.514. The highest BCUT2D eigenvalue weighted by Crippen LogP contribution is 2.24. The van der Waals surface area contributed by atoms with Gasteiger partial charge in [0.2, 0.25) is 5.91 Å². The second kappa shape index (κ2) is 5.25. The third-order valence-electron chi connectivity index (χ3n) is 2.35. The predicted molar refractivity (Wildman–Crippen MR) is 70.8 cm³/mol. The second-order valence-electron chi connectivity index (χ2n) is 3.91. The summed E-state index contributed by atoms with van der Waals surface area (Å²) < 4.78 is 0. The van der Waals surface area contributed by atoms with Gasteiger partial charge in [-0.2, -0.15) is 0 Å². The zero-order valence-electron chi connectivity index (χ0n) is 9.88. The van der Waals surface area contributed by atoms with Crippen molar-refractivity contribution in [1.82, 2.24) is 14.9 Å². The number of fused-ring (bicyclic) bond motifs is 1. The number of hydrogen-bond acceptors (Lipinski definition) is 7. The molecular formula is C10H14N6OS. The summed E-state index contributed by atoms with van der Waals surface area (Å²) in [6, 6.07) is 1.91. The fraction of sp³-hybridized carbons (Fsp3) is 0.300. The molecule has 2 aromatic rings. The van der Waals surface area contributed by atoms with E-state index in [0.29, 0.717) is 18.2 Å². The van der Waals surface area contributed by atoms with E-state index in [1.165, 1.54) is 11.3 Å². The molecule has 0 atom stereocenters. The Balaban J connectivity index is 2.25. The first kappa shape index (κ1) is 12.7. The van der Waals surface area contributed by atoms with E-state index in [9.17, 15) is 4.79 Å². The van der Waals surface area contributed by atoms with Gasteiger partial charge in [0.25, 0.3) is 0 Å². The van der Waals surface area contributed by atoms with Gasteiger partial charge < -0.3 is 11.2 Å². The first-order valence-electron chi connectivity index (χ1n) is 5.27. The van der Waals surface area contributed by atoms with Crippen molar-refractivity contribution in [3.63, 3.8) is 0 Å². The maximum absolute atomic E-state index is 10.8. The van der Waals surface area contributed by atoms with Gasteiger partial charge in [0.05, 0.1) is 18.5 Å². The summed E-state index contributed by atoms with van der Waals surface area (Å²) >= 11 is 1.52. The molecule has 8 heteroatoms. The Morgan fingerprint density at radius 2 is 2.33 bits per heavy atom. The van der Waals surface area contributed by atoms with Crippen LogP contribution in [0.3, 0.4) is 0 Å². The van der Waals surface area contributed by atoms with E-state index in [0.717, 1.165) is 10.2 Å². The molecule has 2 heterocycles. The molecule has 0 unspecified atom stereocenters. The van der Waals surface area contributed by atoms with Crippen molar-refractivity contribution in [3.8, 4) is 0 Å². The van der Waals surface area contributed by atoms with E-state index >= 15 is 0 Å². The van der Waals surface area contributed by atoms with E-state index in [4.69, 9.17) is 11.6 Å². The summed E-state index contributed by atoms with van der Waals surface area (Å²) in [5, 5.41) is 2.82. The van der Waals surface area contributed by atoms with Crippen LogP contribution >= 0.6 is 11.3 Å². The minimum atomic E-state index is -0.383. The van der Waals surface area contributed by atoms with Crippen LogP contribution in [0, 0.1) is 0 Å². The maximum atomic E-state index is 10.8. The van der Waals surface area contributed by atoms with Gasteiger partial charge in [-0.15, -0.1) is 11.3 Å². The smallest absolute Gasteiger partial charge is 0.231 e. The van der Waals surface area contributed by atoms with E-state index < -0.39 is 0 Å². The largest absolute Gasteiger partial charge is 0.369 e. The Kier molecular flexibility index (Phi) is 3.70. The Morgan fingerprint density at radius 1 is 1.56 bits per heavy atom. The maximum Gasteiger partial charge on any atom is 0.231 e. The highest BCUT2D eigenvalue weighted by Gasteiger charge is 2.10. The minimum absolute atomic E-state index is 0.164. The topological polar surface area (TPSA) is 110 Å². The number of aromatic nitrogens is 2. The number of nitrogens with one attached hydrogen (secondary N) is 1. The molecule has 1 amide bonds. The lowest BCUT2D eigenvalue weighted by Gasteiger charge is -2.13. The molecule has 0 spiro atoms. The molecule has 2 aromatic heterocycles. The van der Waals surface area contributed by atoms with Crippen LogP contribution in [-0.2, 0) is 11.3 Å². The molecule has 0 saturated heterocycles. The normalized spacial score (nSPS) is 11.1. The van der Waals surface area contributed by atoms with Crippen molar-refractivity contribution in [2.45, 2.75) is 6.54 Å². The number of carbonyl (C=O) groups is 1. The molecule has 5 N–H and O–H groups in total. The lowest BCUT2D eigenvalue weighted by Crippen LogP contribution is -2.30. The van der Waals surface area contributed by atoms with E-state index in [-0.39, 0.29) is 12.5 Å². The molecule has 0 bridgehead atoms. The van der Waals surface area contributed by atoms with Gasteiger partial charge in [-0.25, -0.2) is 15.8 Å². The number of anilines is 1. The van der Waals surface area contributed by atoms with E-state index in [2.05, 4.69) is 15.4 Å². The summed E-state index contributed by atoms with van der Waals surface area (Å²) in [6.45, 7) is 0.600. The van der Waals surface area contributed by atoms with Crippen LogP contribution in [0.25, 0.3) is 10.2 Å². The fourth-order valence-electron chi connectivity index (χ4n) is 1.64. The minimum Gasteiger partial charge on any atom is -0.369 e. The molecule has 0 aromatic carbocycles. The number of rotatable bonds is 5. The molecule has 0 aliphatic carbocycles. The highest BCUT2D eigenvalue weighted by atomic mass is 32.1. The molecule has 0 saturated carbocycles. The van der Waals surface area contributed by atoms with E-state index in [1.807, 2.05) is 11.4 Å². The number of hydrogen-bond donors (Lipinski definition) is 3. The van der Waals surface area contributed by atoms with Crippen LogP contribution in [0.15, 0.2) is 11.4 Å².